The van der Waals surface area contributed by atoms with Crippen LogP contribution in [0.5, 0.6) is 0 Å². The van der Waals surface area contributed by atoms with E-state index in [0.717, 1.165) is 0 Å². The molecule has 0 radical (unpaired) electrons. The monoisotopic (exact) mass is 232 g/mol. The number of aliphatic carboxylic acids is 1. The van der Waals surface area contributed by atoms with Gasteiger partial charge >= 0.3 is 17.9 Å². The molecule has 0 aromatic carbocycles. The van der Waals surface area contributed by atoms with Gasteiger partial charge in [0.2, 0.25) is 0 Å². The zero-order chi connectivity index (χ0) is 12.6. The molecule has 92 valence electrons. The van der Waals surface area contributed by atoms with Gasteiger partial charge in [-0.25, -0.2) is 0 Å². The predicted octanol–water partition coefficient (Wildman–Crippen LogP) is 0.594. The van der Waals surface area contributed by atoms with Crippen molar-refractivity contribution in [3.63, 3.8) is 0 Å². The van der Waals surface area contributed by atoms with Crippen LogP contribution in [-0.2, 0) is 23.9 Å². The summed E-state index contributed by atoms with van der Waals surface area (Å²) in [5.74, 6) is -2.62. The molecule has 0 aliphatic carbocycles. The molecular weight excluding hydrogens is 216 g/mol. The molecule has 0 aromatic heterocycles. The van der Waals surface area contributed by atoms with E-state index in [2.05, 4.69) is 4.74 Å². The van der Waals surface area contributed by atoms with Crippen LogP contribution in [0.15, 0.2) is 0 Å². The minimum Gasteiger partial charge on any atom is -0.481 e. The maximum Gasteiger partial charge on any atom is 0.317 e. The Hall–Kier alpha value is -1.59. The van der Waals surface area contributed by atoms with Gasteiger partial charge in [-0.05, 0) is 6.42 Å². The molecule has 0 bridgehead atoms. The SMILES string of the molecule is CCC(C)C(=O)OCCOC(=O)CC(=O)O. The number of ether oxygens (including phenoxy) is 2. The Morgan fingerprint density at radius 3 is 2.25 bits per heavy atom. The first-order chi connectivity index (χ1) is 7.47. The first-order valence-corrected chi connectivity index (χ1v) is 5.01. The summed E-state index contributed by atoms with van der Waals surface area (Å²) in [6, 6.07) is 0. The summed E-state index contributed by atoms with van der Waals surface area (Å²) >= 11 is 0. The van der Waals surface area contributed by atoms with Crippen molar-refractivity contribution in [3.05, 3.63) is 0 Å². The number of carbonyl (C=O) groups excluding carboxylic acids is 2. The van der Waals surface area contributed by atoms with Crippen LogP contribution < -0.4 is 0 Å². The van der Waals surface area contributed by atoms with Crippen LogP contribution >= 0.6 is 0 Å². The number of carboxylic acids is 1. The summed E-state index contributed by atoms with van der Waals surface area (Å²) in [6.07, 6.45) is -0.00303. The number of carboxylic acid groups (broad SMARTS) is 1. The molecule has 0 aliphatic rings. The molecule has 0 heterocycles. The van der Waals surface area contributed by atoms with E-state index >= 15 is 0 Å². The van der Waals surface area contributed by atoms with Crippen molar-refractivity contribution in [2.45, 2.75) is 26.7 Å². The molecular formula is C10H16O6. The molecule has 16 heavy (non-hydrogen) atoms. The van der Waals surface area contributed by atoms with Crippen LogP contribution in [0.2, 0.25) is 0 Å². The molecule has 0 saturated heterocycles. The third kappa shape index (κ3) is 6.80. The van der Waals surface area contributed by atoms with Gasteiger partial charge in [-0.15, -0.1) is 0 Å². The van der Waals surface area contributed by atoms with Crippen molar-refractivity contribution in [2.24, 2.45) is 5.92 Å². The Balaban J connectivity index is 3.57. The number of hydrogen-bond donors (Lipinski definition) is 1. The van der Waals surface area contributed by atoms with Gasteiger partial charge in [0.25, 0.3) is 0 Å². The fraction of sp³-hybridized carbons (Fsp3) is 0.700. The summed E-state index contributed by atoms with van der Waals surface area (Å²) in [4.78, 5) is 32.0. The van der Waals surface area contributed by atoms with Gasteiger partial charge in [0.15, 0.2) is 0 Å². The number of rotatable bonds is 7. The van der Waals surface area contributed by atoms with Gasteiger partial charge in [-0.3, -0.25) is 14.4 Å². The summed E-state index contributed by atoms with van der Waals surface area (Å²) in [5.41, 5.74) is 0. The summed E-state index contributed by atoms with van der Waals surface area (Å²) in [7, 11) is 0. The average Bonchev–Trinajstić information content (AvgIpc) is 2.21. The van der Waals surface area contributed by atoms with E-state index in [1.165, 1.54) is 0 Å². The Kier molecular flexibility index (Phi) is 6.91. The molecule has 6 heteroatoms. The zero-order valence-electron chi connectivity index (χ0n) is 9.39. The summed E-state index contributed by atoms with van der Waals surface area (Å²) in [5, 5.41) is 8.25. The third-order valence-corrected chi connectivity index (χ3v) is 1.90. The molecule has 0 amide bonds. The molecule has 1 unspecified atom stereocenters. The van der Waals surface area contributed by atoms with Crippen molar-refractivity contribution in [1.29, 1.82) is 0 Å². The maximum absolute atomic E-state index is 11.1. The Labute approximate surface area is 93.5 Å². The minimum absolute atomic E-state index is 0.0471. The van der Waals surface area contributed by atoms with E-state index < -0.39 is 18.4 Å². The molecule has 0 aromatic rings. The number of hydrogen-bond acceptors (Lipinski definition) is 5. The largest absolute Gasteiger partial charge is 0.481 e. The van der Waals surface area contributed by atoms with Crippen LogP contribution in [0.25, 0.3) is 0 Å². The van der Waals surface area contributed by atoms with Crippen LogP contribution in [0.3, 0.4) is 0 Å². The highest BCUT2D eigenvalue weighted by atomic mass is 16.6. The van der Waals surface area contributed by atoms with Crippen molar-refractivity contribution in [3.8, 4) is 0 Å². The fourth-order valence-corrected chi connectivity index (χ4v) is 0.781. The molecule has 0 rings (SSSR count). The second-order valence-corrected chi connectivity index (χ2v) is 3.27. The van der Waals surface area contributed by atoms with Crippen molar-refractivity contribution >= 4 is 17.9 Å². The molecule has 0 fully saturated rings. The fourth-order valence-electron chi connectivity index (χ4n) is 0.781. The molecule has 6 nitrogen and oxygen atoms in total. The highest BCUT2D eigenvalue weighted by Crippen LogP contribution is 2.02. The average molecular weight is 232 g/mol. The van der Waals surface area contributed by atoms with Crippen LogP contribution in [-0.4, -0.2) is 36.2 Å². The highest BCUT2D eigenvalue weighted by molar-refractivity contribution is 5.90. The highest BCUT2D eigenvalue weighted by Gasteiger charge is 2.12. The Bertz CT molecular complexity index is 260. The summed E-state index contributed by atoms with van der Waals surface area (Å²) in [6.45, 7) is 3.43. The van der Waals surface area contributed by atoms with E-state index in [0.29, 0.717) is 6.42 Å². The molecule has 0 saturated carbocycles. The lowest BCUT2D eigenvalue weighted by molar-refractivity contribution is -0.157. The smallest absolute Gasteiger partial charge is 0.317 e. The van der Waals surface area contributed by atoms with E-state index in [4.69, 9.17) is 9.84 Å². The normalized spacial score (nSPS) is 11.6. The zero-order valence-corrected chi connectivity index (χ0v) is 9.39. The van der Waals surface area contributed by atoms with Crippen LogP contribution in [0.1, 0.15) is 26.7 Å². The number of esters is 2. The van der Waals surface area contributed by atoms with Gasteiger partial charge in [0.05, 0.1) is 5.92 Å². The van der Waals surface area contributed by atoms with E-state index in [-0.39, 0.29) is 25.1 Å². The Morgan fingerprint density at radius 1 is 1.19 bits per heavy atom. The van der Waals surface area contributed by atoms with Crippen molar-refractivity contribution in [2.75, 3.05) is 13.2 Å². The van der Waals surface area contributed by atoms with E-state index in [1.54, 1.807) is 6.92 Å². The van der Waals surface area contributed by atoms with Gasteiger partial charge in [0, 0.05) is 0 Å². The molecule has 1 atom stereocenters. The Morgan fingerprint density at radius 2 is 1.75 bits per heavy atom. The second-order valence-electron chi connectivity index (χ2n) is 3.27. The molecule has 0 spiro atoms. The lowest BCUT2D eigenvalue weighted by atomic mass is 10.1. The van der Waals surface area contributed by atoms with Gasteiger partial charge in [0.1, 0.15) is 19.6 Å². The van der Waals surface area contributed by atoms with Gasteiger partial charge < -0.3 is 14.6 Å². The summed E-state index contributed by atoms with van der Waals surface area (Å²) < 4.78 is 9.31. The number of carbonyl (C=O) groups is 3. The van der Waals surface area contributed by atoms with Gasteiger partial charge in [-0.1, -0.05) is 13.8 Å². The van der Waals surface area contributed by atoms with Crippen LogP contribution in [0, 0.1) is 5.92 Å². The lowest BCUT2D eigenvalue weighted by Crippen LogP contribution is -2.19. The van der Waals surface area contributed by atoms with E-state index in [1.807, 2.05) is 6.92 Å². The lowest BCUT2D eigenvalue weighted by Gasteiger charge is -2.09. The molecule has 1 N–H and O–H groups in total. The van der Waals surface area contributed by atoms with E-state index in [9.17, 15) is 14.4 Å². The maximum atomic E-state index is 11.1. The third-order valence-electron chi connectivity index (χ3n) is 1.90. The quantitative estimate of drug-likeness (QED) is 0.392. The first-order valence-electron chi connectivity index (χ1n) is 5.01. The van der Waals surface area contributed by atoms with Crippen molar-refractivity contribution in [1.82, 2.24) is 0 Å². The standard InChI is InChI=1S/C10H16O6/c1-3-7(2)10(14)16-5-4-15-9(13)6-8(11)12/h7H,3-6H2,1-2H3,(H,11,12). The topological polar surface area (TPSA) is 89.9 Å². The molecule has 0 aliphatic heterocycles. The first kappa shape index (κ1) is 14.4. The van der Waals surface area contributed by atoms with Crippen LogP contribution in [0.4, 0.5) is 0 Å². The predicted molar refractivity (Wildman–Crippen MR) is 53.6 cm³/mol. The van der Waals surface area contributed by atoms with Gasteiger partial charge in [-0.2, -0.15) is 0 Å². The minimum atomic E-state index is -1.25. The van der Waals surface area contributed by atoms with Crippen molar-refractivity contribution < 1.29 is 29.0 Å². The second kappa shape index (κ2) is 7.67.